The van der Waals surface area contributed by atoms with E-state index in [0.717, 1.165) is 0 Å². The van der Waals surface area contributed by atoms with Crippen molar-refractivity contribution in [3.63, 3.8) is 0 Å². The second-order valence-corrected chi connectivity index (χ2v) is 4.99. The normalized spacial score (nSPS) is 10.0. The maximum absolute atomic E-state index is 12.2. The lowest BCUT2D eigenvalue weighted by Gasteiger charge is -2.11. The SMILES string of the molecule is N#CCOc1ccc(-c2nc3ccccc3c(=O)[nH]2)cc1OCC#N. The lowest BCUT2D eigenvalue weighted by molar-refractivity contribution is 0.313. The van der Waals surface area contributed by atoms with Gasteiger partial charge in [-0.1, -0.05) is 12.1 Å². The number of para-hydroxylation sites is 1. The summed E-state index contributed by atoms with van der Waals surface area (Å²) in [5.74, 6) is 1.01. The Morgan fingerprint density at radius 3 is 2.48 bits per heavy atom. The number of nitriles is 2. The van der Waals surface area contributed by atoms with Crippen LogP contribution in [0.1, 0.15) is 0 Å². The maximum atomic E-state index is 12.2. The number of hydrogen-bond donors (Lipinski definition) is 1. The molecule has 1 aromatic heterocycles. The first-order valence-electron chi connectivity index (χ1n) is 7.36. The van der Waals surface area contributed by atoms with Gasteiger partial charge in [0.05, 0.1) is 10.9 Å². The molecule has 3 rings (SSSR count). The van der Waals surface area contributed by atoms with Gasteiger partial charge in [0.25, 0.3) is 5.56 Å². The second kappa shape index (κ2) is 7.16. The zero-order valence-corrected chi connectivity index (χ0v) is 13.0. The van der Waals surface area contributed by atoms with Crippen LogP contribution in [0, 0.1) is 22.7 Å². The van der Waals surface area contributed by atoms with Crippen LogP contribution < -0.4 is 15.0 Å². The largest absolute Gasteiger partial charge is 0.475 e. The van der Waals surface area contributed by atoms with Crippen molar-refractivity contribution in [3.05, 3.63) is 52.8 Å². The molecule has 0 aliphatic carbocycles. The molecule has 3 aromatic rings. The lowest BCUT2D eigenvalue weighted by atomic mass is 10.1. The van der Waals surface area contributed by atoms with E-state index in [1.807, 2.05) is 12.1 Å². The average molecular weight is 332 g/mol. The van der Waals surface area contributed by atoms with Crippen molar-refractivity contribution < 1.29 is 9.47 Å². The highest BCUT2D eigenvalue weighted by atomic mass is 16.5. The van der Waals surface area contributed by atoms with Gasteiger partial charge in [-0.05, 0) is 30.3 Å². The molecule has 0 saturated carbocycles. The molecular weight excluding hydrogens is 320 g/mol. The molecule has 0 spiro atoms. The monoisotopic (exact) mass is 332 g/mol. The Balaban J connectivity index is 2.06. The molecule has 0 unspecified atom stereocenters. The minimum atomic E-state index is -0.245. The molecule has 7 heteroatoms. The van der Waals surface area contributed by atoms with Gasteiger partial charge < -0.3 is 14.5 Å². The number of H-pyrrole nitrogens is 1. The van der Waals surface area contributed by atoms with Crippen molar-refractivity contribution >= 4 is 10.9 Å². The Hall–Kier alpha value is -3.84. The van der Waals surface area contributed by atoms with Crippen molar-refractivity contribution in [1.29, 1.82) is 10.5 Å². The van der Waals surface area contributed by atoms with Crippen LogP contribution in [-0.2, 0) is 0 Å². The Morgan fingerprint density at radius 1 is 1.00 bits per heavy atom. The van der Waals surface area contributed by atoms with Crippen LogP contribution in [0.4, 0.5) is 0 Å². The molecule has 0 fully saturated rings. The van der Waals surface area contributed by atoms with E-state index in [2.05, 4.69) is 9.97 Å². The van der Waals surface area contributed by atoms with E-state index in [9.17, 15) is 4.79 Å². The first-order chi connectivity index (χ1) is 12.2. The summed E-state index contributed by atoms with van der Waals surface area (Å²) in [5.41, 5.74) is 0.926. The summed E-state index contributed by atoms with van der Waals surface area (Å²) in [6.07, 6.45) is 0. The van der Waals surface area contributed by atoms with Crippen molar-refractivity contribution in [1.82, 2.24) is 9.97 Å². The minimum absolute atomic E-state index is 0.146. The molecule has 1 N–H and O–H groups in total. The number of nitrogens with one attached hydrogen (secondary N) is 1. The zero-order chi connectivity index (χ0) is 17.6. The third-order valence-electron chi connectivity index (χ3n) is 3.41. The van der Waals surface area contributed by atoms with E-state index in [4.69, 9.17) is 20.0 Å². The Bertz CT molecular complexity index is 1060. The van der Waals surface area contributed by atoms with Gasteiger partial charge in [0.15, 0.2) is 24.7 Å². The summed E-state index contributed by atoms with van der Waals surface area (Å²) in [5, 5.41) is 17.8. The van der Waals surface area contributed by atoms with Crippen molar-refractivity contribution in [2.24, 2.45) is 0 Å². The second-order valence-electron chi connectivity index (χ2n) is 4.99. The van der Waals surface area contributed by atoms with Crippen LogP contribution in [0.2, 0.25) is 0 Å². The molecule has 0 bridgehead atoms. The standard InChI is InChI=1S/C18H12N4O3/c19-7-9-24-15-6-5-12(11-16(15)25-10-8-20)17-21-14-4-2-1-3-13(14)18(23)22-17/h1-6,11H,9-10H2,(H,21,22,23). The Labute approximate surface area is 142 Å². The highest BCUT2D eigenvalue weighted by Gasteiger charge is 2.11. The van der Waals surface area contributed by atoms with Crippen molar-refractivity contribution in [3.8, 4) is 35.0 Å². The van der Waals surface area contributed by atoms with Gasteiger partial charge in [0, 0.05) is 5.56 Å². The zero-order valence-electron chi connectivity index (χ0n) is 13.0. The molecule has 1 heterocycles. The van der Waals surface area contributed by atoms with E-state index in [0.29, 0.717) is 33.8 Å². The summed E-state index contributed by atoms with van der Waals surface area (Å²) in [6, 6.07) is 15.7. The predicted octanol–water partition coefficient (Wildman–Crippen LogP) is 2.39. The van der Waals surface area contributed by atoms with Gasteiger partial charge in [-0.2, -0.15) is 10.5 Å². The molecule has 0 amide bonds. The molecular formula is C18H12N4O3. The number of nitrogens with zero attached hydrogens (tertiary/aromatic N) is 3. The molecule has 122 valence electrons. The first-order valence-corrected chi connectivity index (χ1v) is 7.36. The van der Waals surface area contributed by atoms with Gasteiger partial charge in [-0.15, -0.1) is 0 Å². The van der Waals surface area contributed by atoms with Gasteiger partial charge in [-0.25, -0.2) is 4.98 Å². The van der Waals surface area contributed by atoms with Crippen LogP contribution in [0.15, 0.2) is 47.3 Å². The number of hydrogen-bond acceptors (Lipinski definition) is 6. The van der Waals surface area contributed by atoms with Gasteiger partial charge >= 0.3 is 0 Å². The fraction of sp³-hybridized carbons (Fsp3) is 0.111. The van der Waals surface area contributed by atoms with Gasteiger partial charge in [-0.3, -0.25) is 4.79 Å². The summed E-state index contributed by atoms with van der Waals surface area (Å²) >= 11 is 0. The average Bonchev–Trinajstić information content (AvgIpc) is 2.65. The van der Waals surface area contributed by atoms with E-state index < -0.39 is 0 Å². The van der Waals surface area contributed by atoms with Gasteiger partial charge in [0.2, 0.25) is 0 Å². The van der Waals surface area contributed by atoms with Crippen LogP contribution in [0.3, 0.4) is 0 Å². The molecule has 0 saturated heterocycles. The maximum Gasteiger partial charge on any atom is 0.259 e. The van der Waals surface area contributed by atoms with E-state index >= 15 is 0 Å². The summed E-state index contributed by atoms with van der Waals surface area (Å²) in [4.78, 5) is 19.4. The fourth-order valence-corrected chi connectivity index (χ4v) is 2.33. The number of benzene rings is 2. The molecule has 25 heavy (non-hydrogen) atoms. The van der Waals surface area contributed by atoms with E-state index in [-0.39, 0.29) is 18.8 Å². The highest BCUT2D eigenvalue weighted by Crippen LogP contribution is 2.31. The smallest absolute Gasteiger partial charge is 0.259 e. The number of rotatable bonds is 5. The summed E-state index contributed by atoms with van der Waals surface area (Å²) in [6.45, 7) is -0.318. The van der Waals surface area contributed by atoms with Crippen LogP contribution >= 0.6 is 0 Å². The molecule has 7 nitrogen and oxygen atoms in total. The van der Waals surface area contributed by atoms with Crippen LogP contribution in [0.5, 0.6) is 11.5 Å². The molecule has 0 atom stereocenters. The Kier molecular flexibility index (Phi) is 4.59. The van der Waals surface area contributed by atoms with Crippen LogP contribution in [0.25, 0.3) is 22.3 Å². The number of aromatic amines is 1. The fourth-order valence-electron chi connectivity index (χ4n) is 2.33. The molecule has 2 aromatic carbocycles. The van der Waals surface area contributed by atoms with Crippen molar-refractivity contribution in [2.75, 3.05) is 13.2 Å². The third-order valence-corrected chi connectivity index (χ3v) is 3.41. The number of fused-ring (bicyclic) bond motifs is 1. The molecule has 0 aliphatic heterocycles. The lowest BCUT2D eigenvalue weighted by Crippen LogP contribution is -2.09. The highest BCUT2D eigenvalue weighted by molar-refractivity contribution is 5.79. The predicted molar refractivity (Wildman–Crippen MR) is 90.0 cm³/mol. The minimum Gasteiger partial charge on any atom is -0.475 e. The quantitative estimate of drug-likeness (QED) is 0.768. The van der Waals surface area contributed by atoms with E-state index in [1.165, 1.54) is 0 Å². The number of aromatic nitrogens is 2. The number of ether oxygens (including phenoxy) is 2. The third kappa shape index (κ3) is 3.41. The van der Waals surface area contributed by atoms with E-state index in [1.54, 1.807) is 42.5 Å². The van der Waals surface area contributed by atoms with Crippen LogP contribution in [-0.4, -0.2) is 23.2 Å². The summed E-state index contributed by atoms with van der Waals surface area (Å²) in [7, 11) is 0. The molecule has 0 aliphatic rings. The topological polar surface area (TPSA) is 112 Å². The van der Waals surface area contributed by atoms with Crippen molar-refractivity contribution in [2.45, 2.75) is 0 Å². The first kappa shape index (κ1) is 16.0. The van der Waals surface area contributed by atoms with Gasteiger partial charge in [0.1, 0.15) is 18.0 Å². The molecule has 0 radical (unpaired) electrons. The summed E-state index contributed by atoms with van der Waals surface area (Å²) < 4.78 is 10.6. The Morgan fingerprint density at radius 2 is 1.72 bits per heavy atom.